The van der Waals surface area contributed by atoms with Gasteiger partial charge in [0.05, 0.1) is 17.4 Å². The lowest BCUT2D eigenvalue weighted by atomic mass is 9.82. The topological polar surface area (TPSA) is 120 Å². The minimum atomic E-state index is -0.766. The monoisotopic (exact) mass is 439 g/mol. The van der Waals surface area contributed by atoms with Crippen molar-refractivity contribution in [1.82, 2.24) is 9.97 Å². The van der Waals surface area contributed by atoms with Gasteiger partial charge in [-0.1, -0.05) is 26.2 Å². The molecule has 170 valence electrons. The fraction of sp³-hybridized carbons (Fsp3) is 0.435. The Bertz CT molecular complexity index is 977. The number of aliphatic imine (C=N–C) groups is 1. The van der Waals surface area contributed by atoms with Gasteiger partial charge in [-0.25, -0.2) is 19.4 Å². The molecule has 1 aliphatic carbocycles. The fourth-order valence-electron chi connectivity index (χ4n) is 4.21. The molecule has 2 atom stereocenters. The Morgan fingerprint density at radius 1 is 1.41 bits per heavy atom. The smallest absolute Gasteiger partial charge is 0.252 e. The number of nitrogens with two attached hydrogens (primary N) is 1. The molecule has 2 aromatic heterocycles. The van der Waals surface area contributed by atoms with Gasteiger partial charge < -0.3 is 21.4 Å². The summed E-state index contributed by atoms with van der Waals surface area (Å²) in [4.78, 5) is 26.7. The number of amides is 1. The van der Waals surface area contributed by atoms with E-state index in [1.54, 1.807) is 24.5 Å². The molecule has 9 heteroatoms. The maximum absolute atomic E-state index is 15.0. The molecule has 1 amide bonds. The van der Waals surface area contributed by atoms with E-state index >= 15 is 0 Å². The third-order valence-electron chi connectivity index (χ3n) is 5.91. The van der Waals surface area contributed by atoms with Gasteiger partial charge in [0.25, 0.3) is 5.91 Å². The van der Waals surface area contributed by atoms with E-state index in [4.69, 9.17) is 11.1 Å². The molecule has 4 N–H and O–H groups in total. The molecule has 0 radical (unpaired) electrons. The van der Waals surface area contributed by atoms with Gasteiger partial charge in [0.2, 0.25) is 0 Å². The van der Waals surface area contributed by atoms with Gasteiger partial charge >= 0.3 is 0 Å². The average Bonchev–Trinajstić information content (AvgIpc) is 2.80. The number of anilines is 3. The number of nitrogens with one attached hydrogen (secondary N) is 2. The number of hydrogen-bond donors (Lipinski definition) is 3. The Kier molecular flexibility index (Phi) is 7.86. The van der Waals surface area contributed by atoms with Crippen molar-refractivity contribution in [3.8, 4) is 0 Å². The van der Waals surface area contributed by atoms with Gasteiger partial charge in [-0.05, 0) is 37.0 Å². The summed E-state index contributed by atoms with van der Waals surface area (Å²) in [5, 5.41) is 10.1. The van der Waals surface area contributed by atoms with Crippen LogP contribution in [0.5, 0.6) is 0 Å². The molecule has 0 aliphatic heterocycles. The maximum Gasteiger partial charge on any atom is 0.252 e. The fourth-order valence-corrected chi connectivity index (χ4v) is 4.21. The molecule has 1 aliphatic rings. The average molecular weight is 440 g/mol. The van der Waals surface area contributed by atoms with Crippen LogP contribution < -0.4 is 16.0 Å². The predicted octanol–water partition coefficient (Wildman–Crippen LogP) is 4.61. The van der Waals surface area contributed by atoms with E-state index in [9.17, 15) is 9.18 Å². The van der Waals surface area contributed by atoms with Crippen molar-refractivity contribution < 1.29 is 9.18 Å². The third kappa shape index (κ3) is 5.46. The minimum absolute atomic E-state index is 0.0246. The lowest BCUT2D eigenvalue weighted by molar-refractivity contribution is 0.100. The Morgan fingerprint density at radius 3 is 2.84 bits per heavy atom. The summed E-state index contributed by atoms with van der Waals surface area (Å²) in [6.07, 6.45) is 10.3. The second-order valence-electron chi connectivity index (χ2n) is 7.97. The molecule has 2 aromatic rings. The zero-order chi connectivity index (χ0) is 23.1. The molecule has 32 heavy (non-hydrogen) atoms. The van der Waals surface area contributed by atoms with Crippen molar-refractivity contribution in [2.45, 2.75) is 51.5 Å². The Hall–Kier alpha value is -3.36. The van der Waals surface area contributed by atoms with Crippen LogP contribution in [0.15, 0.2) is 29.4 Å². The molecule has 1 saturated carbocycles. The molecule has 3 rings (SSSR count). The molecule has 2 unspecified atom stereocenters. The van der Waals surface area contributed by atoms with Gasteiger partial charge in [0, 0.05) is 31.9 Å². The summed E-state index contributed by atoms with van der Waals surface area (Å²) in [6, 6.07) is 4.77. The molecule has 0 bridgehead atoms. The van der Waals surface area contributed by atoms with Gasteiger partial charge in [-0.3, -0.25) is 4.79 Å². The van der Waals surface area contributed by atoms with E-state index < -0.39 is 11.7 Å². The Balaban J connectivity index is 1.89. The lowest BCUT2D eigenvalue weighted by Crippen LogP contribution is -2.41. The standard InChI is InChI=1S/C23H30FN7O/c1-3-15-7-4-5-8-19(15)31(2)23-18(24)13-17(21(26)32)22(30-23)29-16-9-10-20(28-14-16)27-12-6-11-25/h9-15,19,25H,3-8H2,1-2H3,(H2,26,32)(H,29,30). The van der Waals surface area contributed by atoms with Crippen LogP contribution in [0.25, 0.3) is 0 Å². The molecule has 0 spiro atoms. The minimum Gasteiger partial charge on any atom is -0.365 e. The van der Waals surface area contributed by atoms with Crippen LogP contribution in [-0.4, -0.2) is 41.4 Å². The van der Waals surface area contributed by atoms with Crippen LogP contribution in [0, 0.1) is 17.1 Å². The van der Waals surface area contributed by atoms with Crippen LogP contribution >= 0.6 is 0 Å². The molecule has 0 aromatic carbocycles. The van der Waals surface area contributed by atoms with Gasteiger partial charge in [-0.15, -0.1) is 0 Å². The van der Waals surface area contributed by atoms with Crippen LogP contribution in [0.3, 0.4) is 0 Å². The number of carbonyl (C=O) groups is 1. The van der Waals surface area contributed by atoms with E-state index in [-0.39, 0.29) is 23.2 Å². The molecule has 0 saturated heterocycles. The molecule has 8 nitrogen and oxygen atoms in total. The quantitative estimate of drug-likeness (QED) is 0.493. The van der Waals surface area contributed by atoms with Crippen LogP contribution in [0.1, 0.15) is 55.8 Å². The normalized spacial score (nSPS) is 18.5. The predicted molar refractivity (Wildman–Crippen MR) is 126 cm³/mol. The zero-order valence-corrected chi connectivity index (χ0v) is 18.5. The Labute approximate surface area is 187 Å². The first-order valence-corrected chi connectivity index (χ1v) is 10.9. The molecule has 1 fully saturated rings. The largest absolute Gasteiger partial charge is 0.365 e. The summed E-state index contributed by atoms with van der Waals surface area (Å²) >= 11 is 0. The first kappa shape index (κ1) is 23.3. The van der Waals surface area contributed by atoms with Crippen LogP contribution in [-0.2, 0) is 0 Å². The summed E-state index contributed by atoms with van der Waals surface area (Å²) < 4.78 is 15.0. The van der Waals surface area contributed by atoms with Gasteiger partial charge in [0.15, 0.2) is 17.5 Å². The number of primary amides is 1. The molecular formula is C23H30FN7O. The number of halogens is 1. The highest BCUT2D eigenvalue weighted by molar-refractivity contribution is 5.98. The number of pyridine rings is 2. The number of carbonyl (C=O) groups excluding carboxylic acids is 1. The van der Waals surface area contributed by atoms with Crippen molar-refractivity contribution in [1.29, 1.82) is 5.41 Å². The number of nitrogens with zero attached hydrogens (tertiary/aromatic N) is 4. The van der Waals surface area contributed by atoms with Crippen molar-refractivity contribution in [3.63, 3.8) is 0 Å². The summed E-state index contributed by atoms with van der Waals surface area (Å²) in [7, 11) is 1.86. The van der Waals surface area contributed by atoms with Gasteiger partial charge in [-0.2, -0.15) is 0 Å². The van der Waals surface area contributed by atoms with Crippen LogP contribution in [0.4, 0.5) is 27.5 Å². The highest BCUT2D eigenvalue weighted by atomic mass is 19.1. The number of rotatable bonds is 9. The number of aromatic nitrogens is 2. The van der Waals surface area contributed by atoms with Crippen molar-refractivity contribution in [3.05, 3.63) is 35.8 Å². The first-order chi connectivity index (χ1) is 15.4. The van der Waals surface area contributed by atoms with E-state index in [1.807, 2.05) is 11.9 Å². The summed E-state index contributed by atoms with van der Waals surface area (Å²) in [5.74, 6) is 0.0181. The highest BCUT2D eigenvalue weighted by Crippen LogP contribution is 2.34. The molecular weight excluding hydrogens is 409 g/mol. The SMILES string of the molecule is CCC1CCCCC1N(C)c1nc(Nc2ccc(N=CCC=N)nc2)c(C(N)=O)cc1F. The van der Waals surface area contributed by atoms with E-state index in [2.05, 4.69) is 27.2 Å². The van der Waals surface area contributed by atoms with Crippen molar-refractivity contribution >= 4 is 41.5 Å². The van der Waals surface area contributed by atoms with Crippen molar-refractivity contribution in [2.24, 2.45) is 16.6 Å². The highest BCUT2D eigenvalue weighted by Gasteiger charge is 2.30. The second-order valence-corrected chi connectivity index (χ2v) is 7.97. The lowest BCUT2D eigenvalue weighted by Gasteiger charge is -2.38. The van der Waals surface area contributed by atoms with Gasteiger partial charge in [0.1, 0.15) is 5.82 Å². The van der Waals surface area contributed by atoms with Crippen molar-refractivity contribution in [2.75, 3.05) is 17.3 Å². The zero-order valence-electron chi connectivity index (χ0n) is 18.5. The summed E-state index contributed by atoms with van der Waals surface area (Å²) in [6.45, 7) is 2.16. The van der Waals surface area contributed by atoms with E-state index in [1.165, 1.54) is 12.6 Å². The number of hydrogen-bond acceptors (Lipinski definition) is 7. The Morgan fingerprint density at radius 2 is 2.19 bits per heavy atom. The molecule has 2 heterocycles. The summed E-state index contributed by atoms with van der Waals surface area (Å²) in [5.41, 5.74) is 6.03. The van der Waals surface area contributed by atoms with E-state index in [0.717, 1.165) is 31.7 Å². The second kappa shape index (κ2) is 10.8. The first-order valence-electron chi connectivity index (χ1n) is 10.9. The van der Waals surface area contributed by atoms with E-state index in [0.29, 0.717) is 23.8 Å². The maximum atomic E-state index is 15.0. The van der Waals surface area contributed by atoms with Crippen LogP contribution in [0.2, 0.25) is 0 Å². The third-order valence-corrected chi connectivity index (χ3v) is 5.91.